The lowest BCUT2D eigenvalue weighted by Crippen LogP contribution is -2.21. The third-order valence-electron chi connectivity index (χ3n) is 3.50. The van der Waals surface area contributed by atoms with Gasteiger partial charge in [0.05, 0.1) is 21.8 Å². The van der Waals surface area contributed by atoms with E-state index in [2.05, 4.69) is 15.1 Å². The molecule has 0 saturated heterocycles. The van der Waals surface area contributed by atoms with Crippen molar-refractivity contribution in [2.75, 3.05) is 5.73 Å². The number of halogens is 5. The molecule has 142 valence electrons. The number of ether oxygens (including phenoxy) is 1. The van der Waals surface area contributed by atoms with Gasteiger partial charge >= 0.3 is 6.18 Å². The number of nitrogen functional groups attached to an aromatic ring is 1. The van der Waals surface area contributed by atoms with Crippen molar-refractivity contribution in [3.8, 4) is 22.9 Å². The SMILES string of the molecule is Cn1ncc(-c2nc(C(F)(F)F)c(Oc3ccc(Cl)c(Cl)c3)c(=O)[nH]2)c1N. The van der Waals surface area contributed by atoms with Gasteiger partial charge in [-0.05, 0) is 12.1 Å². The zero-order valence-corrected chi connectivity index (χ0v) is 14.9. The number of nitrogens with one attached hydrogen (secondary N) is 1. The molecule has 2 heterocycles. The Morgan fingerprint density at radius 1 is 1.26 bits per heavy atom. The first kappa shape index (κ1) is 19.1. The van der Waals surface area contributed by atoms with Crippen molar-refractivity contribution in [3.63, 3.8) is 0 Å². The number of anilines is 1. The van der Waals surface area contributed by atoms with Crippen LogP contribution in [0.5, 0.6) is 11.5 Å². The zero-order chi connectivity index (χ0) is 19.9. The van der Waals surface area contributed by atoms with E-state index in [0.717, 1.165) is 0 Å². The summed E-state index contributed by atoms with van der Waals surface area (Å²) in [5, 5.41) is 4.04. The summed E-state index contributed by atoms with van der Waals surface area (Å²) in [6.07, 6.45) is -3.78. The fraction of sp³-hybridized carbons (Fsp3) is 0.133. The number of hydrogen-bond acceptors (Lipinski definition) is 5. The highest BCUT2D eigenvalue weighted by atomic mass is 35.5. The number of alkyl halides is 3. The molecule has 0 saturated carbocycles. The van der Waals surface area contributed by atoms with E-state index in [1.54, 1.807) is 0 Å². The van der Waals surface area contributed by atoms with E-state index in [-0.39, 0.29) is 33.0 Å². The van der Waals surface area contributed by atoms with Crippen molar-refractivity contribution >= 4 is 29.0 Å². The maximum absolute atomic E-state index is 13.5. The number of hydrogen-bond donors (Lipinski definition) is 2. The average Bonchev–Trinajstić information content (AvgIpc) is 2.91. The summed E-state index contributed by atoms with van der Waals surface area (Å²) in [5.41, 5.74) is 3.11. The van der Waals surface area contributed by atoms with Crippen LogP contribution in [0.3, 0.4) is 0 Å². The second-order valence-corrected chi connectivity index (χ2v) is 6.15. The number of H-pyrrole nitrogens is 1. The fourth-order valence-electron chi connectivity index (χ4n) is 2.16. The van der Waals surface area contributed by atoms with E-state index in [1.807, 2.05) is 0 Å². The fourth-order valence-corrected chi connectivity index (χ4v) is 2.45. The second-order valence-electron chi connectivity index (χ2n) is 5.34. The number of aryl methyl sites for hydroxylation is 1. The molecule has 7 nitrogen and oxygen atoms in total. The lowest BCUT2D eigenvalue weighted by atomic mass is 10.2. The van der Waals surface area contributed by atoms with Crippen LogP contribution in [0.4, 0.5) is 19.0 Å². The molecular formula is C15H10Cl2F3N5O2. The highest BCUT2D eigenvalue weighted by Crippen LogP contribution is 2.37. The van der Waals surface area contributed by atoms with E-state index < -0.39 is 23.2 Å². The number of benzene rings is 1. The van der Waals surface area contributed by atoms with Gasteiger partial charge in [-0.2, -0.15) is 18.3 Å². The summed E-state index contributed by atoms with van der Waals surface area (Å²) in [7, 11) is 1.49. The van der Waals surface area contributed by atoms with E-state index in [0.29, 0.717) is 0 Å². The molecule has 12 heteroatoms. The predicted molar refractivity (Wildman–Crippen MR) is 93.0 cm³/mol. The topological polar surface area (TPSA) is 98.8 Å². The molecule has 0 aliphatic carbocycles. The summed E-state index contributed by atoms with van der Waals surface area (Å²) in [4.78, 5) is 18.0. The summed E-state index contributed by atoms with van der Waals surface area (Å²) in [6, 6.07) is 3.76. The number of aromatic nitrogens is 4. The van der Waals surface area contributed by atoms with Gasteiger partial charge in [0, 0.05) is 13.1 Å². The molecule has 0 bridgehead atoms. The molecular weight excluding hydrogens is 410 g/mol. The van der Waals surface area contributed by atoms with Crippen LogP contribution in [0.25, 0.3) is 11.4 Å². The molecule has 0 aliphatic rings. The molecule has 0 atom stereocenters. The van der Waals surface area contributed by atoms with Crippen molar-refractivity contribution in [2.45, 2.75) is 6.18 Å². The molecule has 3 aromatic rings. The third-order valence-corrected chi connectivity index (χ3v) is 4.24. The average molecular weight is 420 g/mol. The molecule has 2 aromatic heterocycles. The van der Waals surface area contributed by atoms with Crippen molar-refractivity contribution in [1.82, 2.24) is 19.7 Å². The molecule has 3 N–H and O–H groups in total. The van der Waals surface area contributed by atoms with Crippen LogP contribution in [0.15, 0.2) is 29.2 Å². The summed E-state index contributed by atoms with van der Waals surface area (Å²) < 4.78 is 46.8. The van der Waals surface area contributed by atoms with Crippen LogP contribution in [0.1, 0.15) is 5.69 Å². The van der Waals surface area contributed by atoms with Gasteiger partial charge < -0.3 is 15.5 Å². The van der Waals surface area contributed by atoms with Gasteiger partial charge in [-0.3, -0.25) is 9.48 Å². The maximum atomic E-state index is 13.5. The Labute approximate surface area is 159 Å². The maximum Gasteiger partial charge on any atom is 0.437 e. The van der Waals surface area contributed by atoms with Gasteiger partial charge in [-0.25, -0.2) is 4.98 Å². The van der Waals surface area contributed by atoms with Crippen LogP contribution < -0.4 is 16.0 Å². The van der Waals surface area contributed by atoms with Gasteiger partial charge in [-0.15, -0.1) is 0 Å². The Hall–Kier alpha value is -2.72. The quantitative estimate of drug-likeness (QED) is 0.671. The van der Waals surface area contributed by atoms with E-state index in [4.69, 9.17) is 33.7 Å². The molecule has 0 aliphatic heterocycles. The lowest BCUT2D eigenvalue weighted by Gasteiger charge is -2.13. The van der Waals surface area contributed by atoms with E-state index >= 15 is 0 Å². The van der Waals surface area contributed by atoms with Crippen molar-refractivity contribution in [2.24, 2.45) is 7.05 Å². The van der Waals surface area contributed by atoms with Gasteiger partial charge in [0.2, 0.25) is 5.75 Å². The highest BCUT2D eigenvalue weighted by molar-refractivity contribution is 6.42. The molecule has 0 unspecified atom stereocenters. The minimum Gasteiger partial charge on any atom is -0.449 e. The monoisotopic (exact) mass is 419 g/mol. The number of rotatable bonds is 3. The molecule has 0 amide bonds. The van der Waals surface area contributed by atoms with Gasteiger partial charge in [-0.1, -0.05) is 23.2 Å². The number of nitrogens with two attached hydrogens (primary N) is 1. The Balaban J connectivity index is 2.15. The number of nitrogens with zero attached hydrogens (tertiary/aromatic N) is 3. The summed E-state index contributed by atoms with van der Waals surface area (Å²) >= 11 is 11.6. The van der Waals surface area contributed by atoms with Crippen LogP contribution in [0, 0.1) is 0 Å². The van der Waals surface area contributed by atoms with Gasteiger partial charge in [0.15, 0.2) is 5.69 Å². The molecule has 1 aromatic carbocycles. The highest BCUT2D eigenvalue weighted by Gasteiger charge is 2.39. The third kappa shape index (κ3) is 3.71. The van der Waals surface area contributed by atoms with Crippen LogP contribution in [-0.4, -0.2) is 19.7 Å². The molecule has 0 fully saturated rings. The first-order chi connectivity index (χ1) is 12.6. The van der Waals surface area contributed by atoms with Gasteiger partial charge in [0.1, 0.15) is 17.4 Å². The molecule has 0 spiro atoms. The predicted octanol–water partition coefficient (Wildman–Crippen LogP) is 3.87. The van der Waals surface area contributed by atoms with Crippen molar-refractivity contribution < 1.29 is 17.9 Å². The van der Waals surface area contributed by atoms with Crippen molar-refractivity contribution in [3.05, 3.63) is 50.5 Å². The Morgan fingerprint density at radius 2 is 1.96 bits per heavy atom. The van der Waals surface area contributed by atoms with Crippen molar-refractivity contribution in [1.29, 1.82) is 0 Å². The smallest absolute Gasteiger partial charge is 0.437 e. The summed E-state index contributed by atoms with van der Waals surface area (Å²) in [6.45, 7) is 0. The summed E-state index contributed by atoms with van der Waals surface area (Å²) in [5.74, 6) is -1.51. The number of aromatic amines is 1. The molecule has 0 radical (unpaired) electrons. The normalized spacial score (nSPS) is 11.6. The van der Waals surface area contributed by atoms with Crippen LogP contribution in [0.2, 0.25) is 10.0 Å². The minimum atomic E-state index is -4.97. The molecule has 3 rings (SSSR count). The first-order valence-corrected chi connectivity index (χ1v) is 7.95. The Morgan fingerprint density at radius 3 is 2.52 bits per heavy atom. The Bertz CT molecular complexity index is 1080. The van der Waals surface area contributed by atoms with Crippen LogP contribution >= 0.6 is 23.2 Å². The largest absolute Gasteiger partial charge is 0.449 e. The van der Waals surface area contributed by atoms with E-state index in [9.17, 15) is 18.0 Å². The van der Waals surface area contributed by atoms with Crippen LogP contribution in [-0.2, 0) is 13.2 Å². The Kier molecular flexibility index (Phi) is 4.79. The second kappa shape index (κ2) is 6.78. The molecule has 27 heavy (non-hydrogen) atoms. The van der Waals surface area contributed by atoms with E-state index in [1.165, 1.54) is 36.1 Å². The minimum absolute atomic E-state index is 0.0319. The standard InChI is InChI=1S/C15H10Cl2F3N5O2/c1-25-12(21)7(5-22-25)13-23-11(15(18,19)20)10(14(26)24-13)27-6-2-3-8(16)9(17)4-6/h2-5H,21H2,1H3,(H,23,24,26). The van der Waals surface area contributed by atoms with Gasteiger partial charge in [0.25, 0.3) is 5.56 Å². The first-order valence-electron chi connectivity index (χ1n) is 7.20. The lowest BCUT2D eigenvalue weighted by molar-refractivity contribution is -0.142. The zero-order valence-electron chi connectivity index (χ0n) is 13.4.